The maximum atomic E-state index is 12.5. The van der Waals surface area contributed by atoms with Gasteiger partial charge in [-0.05, 0) is 49.7 Å². The summed E-state index contributed by atoms with van der Waals surface area (Å²) in [4.78, 5) is 28.8. The molecule has 4 rings (SSSR count). The molecule has 2 aromatic heterocycles. The molecular formula is C21H17ClN2O4. The molecule has 0 saturated heterocycles. The van der Waals surface area contributed by atoms with Gasteiger partial charge in [0.05, 0.1) is 28.9 Å². The van der Waals surface area contributed by atoms with Crippen molar-refractivity contribution in [2.75, 3.05) is 6.61 Å². The van der Waals surface area contributed by atoms with E-state index in [-0.39, 0.29) is 6.61 Å². The van der Waals surface area contributed by atoms with Crippen molar-refractivity contribution in [3.05, 3.63) is 75.4 Å². The molecule has 142 valence electrons. The second-order valence-corrected chi connectivity index (χ2v) is 6.87. The molecule has 0 atom stereocenters. The van der Waals surface area contributed by atoms with Crippen LogP contribution in [0, 0.1) is 6.92 Å². The molecule has 0 spiro atoms. The molecule has 7 heteroatoms. The predicted molar refractivity (Wildman–Crippen MR) is 107 cm³/mol. The molecule has 0 saturated carbocycles. The number of fused-ring (bicyclic) bond motifs is 2. The summed E-state index contributed by atoms with van der Waals surface area (Å²) in [6, 6.07) is 14.3. The fourth-order valence-corrected chi connectivity index (χ4v) is 3.32. The maximum absolute atomic E-state index is 12.5. The Morgan fingerprint density at radius 2 is 2.04 bits per heavy atom. The predicted octanol–water partition coefficient (Wildman–Crippen LogP) is 4.35. The first kappa shape index (κ1) is 18.3. The SMILES string of the molecule is Cc1nc2ccc(Cl)cc2cc1C(=O)OCCCn1c(=O)oc2ccccc21. The number of rotatable bonds is 5. The minimum absolute atomic E-state index is 0.178. The third-order valence-corrected chi connectivity index (χ3v) is 4.76. The number of hydrogen-bond acceptors (Lipinski definition) is 5. The Labute approximate surface area is 165 Å². The van der Waals surface area contributed by atoms with Crippen molar-refractivity contribution in [3.8, 4) is 0 Å². The Balaban J connectivity index is 1.43. The van der Waals surface area contributed by atoms with Crippen LogP contribution in [0.1, 0.15) is 22.5 Å². The minimum Gasteiger partial charge on any atom is -0.462 e. The van der Waals surface area contributed by atoms with Gasteiger partial charge in [0.1, 0.15) is 0 Å². The summed E-state index contributed by atoms with van der Waals surface area (Å²) >= 11 is 6.02. The molecular weight excluding hydrogens is 380 g/mol. The molecule has 0 bridgehead atoms. The lowest BCUT2D eigenvalue weighted by molar-refractivity contribution is 0.0494. The van der Waals surface area contributed by atoms with Gasteiger partial charge in [-0.1, -0.05) is 23.7 Å². The molecule has 4 aromatic rings. The Morgan fingerprint density at radius 1 is 1.21 bits per heavy atom. The van der Waals surface area contributed by atoms with Crippen molar-refractivity contribution < 1.29 is 13.9 Å². The quantitative estimate of drug-likeness (QED) is 0.370. The molecule has 0 aliphatic heterocycles. The number of aryl methyl sites for hydroxylation is 2. The van der Waals surface area contributed by atoms with E-state index in [1.54, 1.807) is 31.2 Å². The van der Waals surface area contributed by atoms with Crippen LogP contribution in [0.5, 0.6) is 0 Å². The Hall–Kier alpha value is -3.12. The number of hydrogen-bond donors (Lipinski definition) is 0. The van der Waals surface area contributed by atoms with Gasteiger partial charge in [-0.2, -0.15) is 0 Å². The Morgan fingerprint density at radius 3 is 2.89 bits per heavy atom. The van der Waals surface area contributed by atoms with E-state index >= 15 is 0 Å². The average molecular weight is 397 g/mol. The molecule has 0 radical (unpaired) electrons. The number of nitrogens with zero attached hydrogens (tertiary/aromatic N) is 2. The second kappa shape index (κ2) is 7.48. The zero-order valence-electron chi connectivity index (χ0n) is 15.1. The largest absolute Gasteiger partial charge is 0.462 e. The molecule has 0 aliphatic carbocycles. The van der Waals surface area contributed by atoms with Crippen molar-refractivity contribution in [2.45, 2.75) is 19.9 Å². The molecule has 0 unspecified atom stereocenters. The van der Waals surface area contributed by atoms with Gasteiger partial charge in [0.15, 0.2) is 5.58 Å². The highest BCUT2D eigenvalue weighted by Crippen LogP contribution is 2.21. The summed E-state index contributed by atoms with van der Waals surface area (Å²) in [6.07, 6.45) is 0.487. The van der Waals surface area contributed by atoms with Crippen molar-refractivity contribution in [2.24, 2.45) is 0 Å². The molecule has 0 amide bonds. The third-order valence-electron chi connectivity index (χ3n) is 4.52. The van der Waals surface area contributed by atoms with Gasteiger partial charge in [0, 0.05) is 17.0 Å². The van der Waals surface area contributed by atoms with E-state index in [0.717, 1.165) is 16.4 Å². The van der Waals surface area contributed by atoms with E-state index in [0.29, 0.717) is 34.8 Å². The van der Waals surface area contributed by atoms with Crippen LogP contribution in [0.3, 0.4) is 0 Å². The first-order valence-electron chi connectivity index (χ1n) is 8.85. The van der Waals surface area contributed by atoms with Crippen LogP contribution in [-0.4, -0.2) is 22.1 Å². The van der Waals surface area contributed by atoms with E-state index in [9.17, 15) is 9.59 Å². The van der Waals surface area contributed by atoms with Gasteiger partial charge in [-0.25, -0.2) is 9.59 Å². The van der Waals surface area contributed by atoms with Gasteiger partial charge in [-0.3, -0.25) is 9.55 Å². The van der Waals surface area contributed by atoms with Gasteiger partial charge in [0.25, 0.3) is 0 Å². The van der Waals surface area contributed by atoms with Crippen LogP contribution in [-0.2, 0) is 11.3 Å². The minimum atomic E-state index is -0.448. The summed E-state index contributed by atoms with van der Waals surface area (Å²) in [5, 5.41) is 1.36. The Bertz CT molecular complexity index is 1240. The summed E-state index contributed by atoms with van der Waals surface area (Å²) in [6.45, 7) is 2.34. The third kappa shape index (κ3) is 3.51. The monoisotopic (exact) mass is 396 g/mol. The highest BCUT2D eigenvalue weighted by atomic mass is 35.5. The van der Waals surface area contributed by atoms with Crippen LogP contribution < -0.4 is 5.76 Å². The van der Waals surface area contributed by atoms with Crippen LogP contribution in [0.25, 0.3) is 22.0 Å². The fraction of sp³-hybridized carbons (Fsp3) is 0.190. The summed E-state index contributed by atoms with van der Waals surface area (Å²) in [7, 11) is 0. The zero-order chi connectivity index (χ0) is 19.7. The van der Waals surface area contributed by atoms with E-state index in [2.05, 4.69) is 4.98 Å². The van der Waals surface area contributed by atoms with E-state index in [4.69, 9.17) is 20.8 Å². The smallest absolute Gasteiger partial charge is 0.419 e. The molecule has 6 nitrogen and oxygen atoms in total. The fourth-order valence-electron chi connectivity index (χ4n) is 3.14. The lowest BCUT2D eigenvalue weighted by Crippen LogP contribution is -2.16. The first-order chi connectivity index (χ1) is 13.5. The number of carbonyl (C=O) groups is 1. The Kier molecular flexibility index (Phi) is 4.88. The highest BCUT2D eigenvalue weighted by molar-refractivity contribution is 6.31. The van der Waals surface area contributed by atoms with Gasteiger partial charge in [-0.15, -0.1) is 0 Å². The van der Waals surface area contributed by atoms with Crippen LogP contribution in [0.15, 0.2) is 57.7 Å². The van der Waals surface area contributed by atoms with Gasteiger partial charge >= 0.3 is 11.7 Å². The topological polar surface area (TPSA) is 74.3 Å². The van der Waals surface area contributed by atoms with Crippen molar-refractivity contribution in [1.29, 1.82) is 0 Å². The van der Waals surface area contributed by atoms with Crippen molar-refractivity contribution >= 4 is 39.6 Å². The van der Waals surface area contributed by atoms with E-state index in [1.165, 1.54) is 4.57 Å². The molecule has 28 heavy (non-hydrogen) atoms. The van der Waals surface area contributed by atoms with Crippen LogP contribution in [0.4, 0.5) is 0 Å². The average Bonchev–Trinajstić information content (AvgIpc) is 3.00. The van der Waals surface area contributed by atoms with Gasteiger partial charge < -0.3 is 9.15 Å². The molecule has 0 N–H and O–H groups in total. The highest BCUT2D eigenvalue weighted by Gasteiger charge is 2.14. The number of carbonyl (C=O) groups excluding carboxylic acids is 1. The number of oxazole rings is 1. The normalized spacial score (nSPS) is 11.2. The number of aromatic nitrogens is 2. The summed E-state index contributed by atoms with van der Waals surface area (Å²) in [5.74, 6) is -0.866. The summed E-state index contributed by atoms with van der Waals surface area (Å²) < 4.78 is 12.1. The van der Waals surface area contributed by atoms with Crippen molar-refractivity contribution in [1.82, 2.24) is 9.55 Å². The second-order valence-electron chi connectivity index (χ2n) is 6.44. The molecule has 0 aliphatic rings. The zero-order valence-corrected chi connectivity index (χ0v) is 15.9. The number of esters is 1. The molecule has 2 aromatic carbocycles. The standard InChI is InChI=1S/C21H17ClN2O4/c1-13-16(12-14-11-15(22)7-8-17(14)23-13)20(25)27-10-4-9-24-18-5-2-3-6-19(18)28-21(24)26/h2-3,5-8,11-12H,4,9-10H2,1H3. The maximum Gasteiger partial charge on any atom is 0.419 e. The lowest BCUT2D eigenvalue weighted by Gasteiger charge is -2.09. The molecule has 2 heterocycles. The number of ether oxygens (including phenoxy) is 1. The lowest BCUT2D eigenvalue weighted by atomic mass is 10.1. The van der Waals surface area contributed by atoms with Crippen molar-refractivity contribution in [3.63, 3.8) is 0 Å². The first-order valence-corrected chi connectivity index (χ1v) is 9.23. The number of halogens is 1. The number of pyridine rings is 1. The van der Waals surface area contributed by atoms with Crippen LogP contribution >= 0.6 is 11.6 Å². The number of benzene rings is 2. The van der Waals surface area contributed by atoms with E-state index < -0.39 is 11.7 Å². The van der Waals surface area contributed by atoms with Gasteiger partial charge in [0.2, 0.25) is 0 Å². The van der Waals surface area contributed by atoms with E-state index in [1.807, 2.05) is 24.3 Å². The summed E-state index contributed by atoms with van der Waals surface area (Å²) in [5.41, 5.74) is 3.04. The number of para-hydroxylation sites is 2. The molecule has 0 fully saturated rings. The van der Waals surface area contributed by atoms with Crippen LogP contribution in [0.2, 0.25) is 5.02 Å².